The van der Waals surface area contributed by atoms with Crippen molar-refractivity contribution in [3.05, 3.63) is 54.1 Å². The average Bonchev–Trinajstić information content (AvgIpc) is 2.44. The third kappa shape index (κ3) is 5.24. The van der Waals surface area contributed by atoms with Crippen molar-refractivity contribution < 1.29 is 17.9 Å². The van der Waals surface area contributed by atoms with Crippen LogP contribution in [0.25, 0.3) is 11.1 Å². The number of hydrogen-bond donors (Lipinski definition) is 1. The van der Waals surface area contributed by atoms with Gasteiger partial charge in [0.2, 0.25) is 0 Å². The van der Waals surface area contributed by atoms with Crippen LogP contribution in [-0.4, -0.2) is 20.0 Å². The summed E-state index contributed by atoms with van der Waals surface area (Å²) in [4.78, 5) is 0. The molecule has 2 nitrogen and oxygen atoms in total. The fraction of sp³-hybridized carbons (Fsp3) is 0.250. The van der Waals surface area contributed by atoms with E-state index in [1.54, 1.807) is 18.2 Å². The van der Waals surface area contributed by atoms with E-state index < -0.39 is 6.36 Å². The van der Waals surface area contributed by atoms with E-state index in [1.165, 1.54) is 12.1 Å². The van der Waals surface area contributed by atoms with Crippen molar-refractivity contribution in [2.75, 3.05) is 13.6 Å². The molecule has 0 aliphatic heterocycles. The minimum atomic E-state index is -4.69. The minimum absolute atomic E-state index is 0. The normalized spacial score (nSPS) is 10.9. The zero-order valence-corrected chi connectivity index (χ0v) is 12.8. The van der Waals surface area contributed by atoms with E-state index in [0.717, 1.165) is 18.5 Å². The van der Waals surface area contributed by atoms with Gasteiger partial charge < -0.3 is 10.1 Å². The molecule has 0 unspecified atom stereocenters. The molecule has 2 rings (SSSR count). The third-order valence-electron chi connectivity index (χ3n) is 3.01. The van der Waals surface area contributed by atoms with E-state index in [2.05, 4.69) is 10.1 Å². The molecule has 6 heteroatoms. The lowest BCUT2D eigenvalue weighted by Gasteiger charge is -2.14. The first kappa shape index (κ1) is 18.3. The Hall–Kier alpha value is -1.72. The topological polar surface area (TPSA) is 21.3 Å². The molecular formula is C16H17ClF3NO. The number of nitrogens with one attached hydrogen (secondary N) is 1. The summed E-state index contributed by atoms with van der Waals surface area (Å²) in [5, 5.41) is 3.04. The maximum atomic E-state index is 12.5. The summed E-state index contributed by atoms with van der Waals surface area (Å²) in [7, 11) is 1.86. The number of para-hydroxylation sites is 1. The first-order chi connectivity index (χ1) is 9.99. The second kappa shape index (κ2) is 8.06. The lowest BCUT2D eigenvalue weighted by Crippen LogP contribution is -2.17. The summed E-state index contributed by atoms with van der Waals surface area (Å²) in [5.74, 6) is -0.184. The fourth-order valence-electron chi connectivity index (χ4n) is 2.08. The Labute approximate surface area is 133 Å². The van der Waals surface area contributed by atoms with Crippen LogP contribution in [-0.2, 0) is 6.42 Å². The van der Waals surface area contributed by atoms with Crippen LogP contribution in [0.4, 0.5) is 13.2 Å². The lowest BCUT2D eigenvalue weighted by atomic mass is 10.0. The van der Waals surface area contributed by atoms with Crippen LogP contribution in [0.5, 0.6) is 5.75 Å². The molecule has 0 aliphatic rings. The van der Waals surface area contributed by atoms with Gasteiger partial charge in [-0.25, -0.2) is 0 Å². The summed E-state index contributed by atoms with van der Waals surface area (Å²) < 4.78 is 41.5. The van der Waals surface area contributed by atoms with Gasteiger partial charge in [-0.15, -0.1) is 25.6 Å². The second-order valence-electron chi connectivity index (χ2n) is 4.60. The highest BCUT2D eigenvalue weighted by atomic mass is 35.5. The molecule has 2 aromatic carbocycles. The maximum Gasteiger partial charge on any atom is 0.573 e. The Morgan fingerprint density at radius 1 is 1.05 bits per heavy atom. The molecule has 120 valence electrons. The van der Waals surface area contributed by atoms with E-state index in [0.29, 0.717) is 11.1 Å². The molecule has 0 heterocycles. The predicted octanol–water partition coefficient (Wildman–Crippen LogP) is 4.44. The monoisotopic (exact) mass is 331 g/mol. The number of alkyl halides is 3. The predicted molar refractivity (Wildman–Crippen MR) is 83.4 cm³/mol. The molecule has 0 aliphatic carbocycles. The Morgan fingerprint density at radius 3 is 2.45 bits per heavy atom. The highest BCUT2D eigenvalue weighted by molar-refractivity contribution is 5.85. The van der Waals surface area contributed by atoms with Crippen molar-refractivity contribution in [1.29, 1.82) is 0 Å². The fourth-order valence-corrected chi connectivity index (χ4v) is 2.08. The van der Waals surface area contributed by atoms with E-state index >= 15 is 0 Å². The lowest BCUT2D eigenvalue weighted by molar-refractivity contribution is -0.274. The summed E-state index contributed by atoms with van der Waals surface area (Å²) in [6.45, 7) is 0.810. The summed E-state index contributed by atoms with van der Waals surface area (Å²) in [6, 6.07) is 13.6. The standard InChI is InChI=1S/C16H16F3NO.ClH/c1-20-10-9-12-5-4-6-13(11-12)14-7-2-3-8-15(14)21-16(17,18)19;/h2-8,11,20H,9-10H2,1H3;1H. The number of halogens is 4. The van der Waals surface area contributed by atoms with Gasteiger partial charge in [-0.05, 0) is 37.2 Å². The van der Waals surface area contributed by atoms with Gasteiger partial charge >= 0.3 is 6.36 Å². The van der Waals surface area contributed by atoms with E-state index in [-0.39, 0.29) is 18.2 Å². The van der Waals surface area contributed by atoms with Gasteiger partial charge in [-0.2, -0.15) is 0 Å². The highest BCUT2D eigenvalue weighted by Crippen LogP contribution is 2.33. The molecule has 0 saturated carbocycles. The molecule has 0 atom stereocenters. The molecule has 0 fully saturated rings. The summed E-state index contributed by atoms with van der Waals surface area (Å²) in [6.07, 6.45) is -3.88. The van der Waals surface area contributed by atoms with E-state index in [1.807, 2.05) is 25.2 Å². The van der Waals surface area contributed by atoms with Crippen molar-refractivity contribution in [3.8, 4) is 16.9 Å². The smallest absolute Gasteiger partial charge is 0.405 e. The molecule has 0 bridgehead atoms. The Morgan fingerprint density at radius 2 is 1.77 bits per heavy atom. The summed E-state index contributed by atoms with van der Waals surface area (Å²) >= 11 is 0. The zero-order chi connectivity index (χ0) is 15.3. The number of hydrogen-bond acceptors (Lipinski definition) is 2. The zero-order valence-electron chi connectivity index (χ0n) is 12.0. The van der Waals surface area contributed by atoms with Gasteiger partial charge in [-0.1, -0.05) is 42.5 Å². The van der Waals surface area contributed by atoms with Gasteiger partial charge in [-0.3, -0.25) is 0 Å². The number of benzene rings is 2. The highest BCUT2D eigenvalue weighted by Gasteiger charge is 2.32. The first-order valence-corrected chi connectivity index (χ1v) is 6.58. The van der Waals surface area contributed by atoms with Crippen LogP contribution in [0.2, 0.25) is 0 Å². The first-order valence-electron chi connectivity index (χ1n) is 6.58. The van der Waals surface area contributed by atoms with Gasteiger partial charge in [0, 0.05) is 5.56 Å². The van der Waals surface area contributed by atoms with E-state index in [4.69, 9.17) is 0 Å². The SMILES string of the molecule is CNCCc1cccc(-c2ccccc2OC(F)(F)F)c1.Cl. The Kier molecular flexibility index (Phi) is 6.71. The Bertz CT molecular complexity index is 602. The maximum absolute atomic E-state index is 12.5. The quantitative estimate of drug-likeness (QED) is 0.874. The number of likely N-dealkylation sites (N-methyl/N-ethyl adjacent to an activating group) is 1. The number of rotatable bonds is 5. The molecule has 0 aromatic heterocycles. The second-order valence-corrected chi connectivity index (χ2v) is 4.60. The van der Waals surface area contributed by atoms with Crippen molar-refractivity contribution in [2.45, 2.75) is 12.8 Å². The molecule has 1 N–H and O–H groups in total. The van der Waals surface area contributed by atoms with Crippen molar-refractivity contribution in [3.63, 3.8) is 0 Å². The van der Waals surface area contributed by atoms with Gasteiger partial charge in [0.25, 0.3) is 0 Å². The van der Waals surface area contributed by atoms with Gasteiger partial charge in [0.05, 0.1) is 0 Å². The van der Waals surface area contributed by atoms with Crippen LogP contribution < -0.4 is 10.1 Å². The largest absolute Gasteiger partial charge is 0.573 e. The van der Waals surface area contributed by atoms with Gasteiger partial charge in [0.1, 0.15) is 5.75 Å². The van der Waals surface area contributed by atoms with Crippen LogP contribution in [0, 0.1) is 0 Å². The third-order valence-corrected chi connectivity index (χ3v) is 3.01. The molecule has 22 heavy (non-hydrogen) atoms. The minimum Gasteiger partial charge on any atom is -0.405 e. The van der Waals surface area contributed by atoms with Crippen molar-refractivity contribution in [1.82, 2.24) is 5.32 Å². The summed E-state index contributed by atoms with van der Waals surface area (Å²) in [5.41, 5.74) is 2.20. The molecule has 0 saturated heterocycles. The van der Waals surface area contributed by atoms with Crippen molar-refractivity contribution in [2.24, 2.45) is 0 Å². The number of ether oxygens (including phenoxy) is 1. The van der Waals surface area contributed by atoms with Crippen LogP contribution in [0.1, 0.15) is 5.56 Å². The molecule has 0 radical (unpaired) electrons. The Balaban J connectivity index is 0.00000242. The van der Waals surface area contributed by atoms with Crippen LogP contribution >= 0.6 is 12.4 Å². The van der Waals surface area contributed by atoms with Crippen LogP contribution in [0.3, 0.4) is 0 Å². The van der Waals surface area contributed by atoms with Crippen LogP contribution in [0.15, 0.2) is 48.5 Å². The molecule has 2 aromatic rings. The van der Waals surface area contributed by atoms with E-state index in [9.17, 15) is 13.2 Å². The molecule has 0 amide bonds. The van der Waals surface area contributed by atoms with Crippen molar-refractivity contribution >= 4 is 12.4 Å². The molecular weight excluding hydrogens is 315 g/mol. The average molecular weight is 332 g/mol. The van der Waals surface area contributed by atoms with Gasteiger partial charge in [0.15, 0.2) is 0 Å². The molecule has 0 spiro atoms.